The highest BCUT2D eigenvalue weighted by molar-refractivity contribution is 5.37. The Hall–Kier alpha value is -0.600. The van der Waals surface area contributed by atoms with Crippen molar-refractivity contribution in [3.63, 3.8) is 0 Å². The van der Waals surface area contributed by atoms with Crippen LogP contribution in [0.3, 0.4) is 0 Å². The molecule has 0 spiro atoms. The van der Waals surface area contributed by atoms with Crippen LogP contribution in [0.1, 0.15) is 19.3 Å². The van der Waals surface area contributed by atoms with Crippen LogP contribution in [0.2, 0.25) is 0 Å². The topological polar surface area (TPSA) is 32.3 Å². The largest absolute Gasteiger partial charge is 0.387 e. The average Bonchev–Trinajstić information content (AvgIpc) is 2.29. The molecule has 12 heavy (non-hydrogen) atoms. The monoisotopic (exact) mass is 165 g/mol. The SMILES string of the molecule is OC1CNCCC2=CCCC=C21. The van der Waals surface area contributed by atoms with Crippen molar-refractivity contribution in [1.29, 1.82) is 0 Å². The lowest BCUT2D eigenvalue weighted by Gasteiger charge is -2.16. The summed E-state index contributed by atoms with van der Waals surface area (Å²) in [4.78, 5) is 0. The molecule has 1 atom stereocenters. The molecule has 2 rings (SSSR count). The number of hydrogen-bond donors (Lipinski definition) is 2. The Kier molecular flexibility index (Phi) is 2.28. The summed E-state index contributed by atoms with van der Waals surface area (Å²) in [6.07, 6.45) is 7.49. The van der Waals surface area contributed by atoms with E-state index in [0.29, 0.717) is 6.54 Å². The Morgan fingerprint density at radius 1 is 1.33 bits per heavy atom. The number of allylic oxidation sites excluding steroid dienone is 2. The Morgan fingerprint density at radius 2 is 2.17 bits per heavy atom. The minimum absolute atomic E-state index is 0.279. The first-order chi connectivity index (χ1) is 5.88. The molecule has 0 radical (unpaired) electrons. The van der Waals surface area contributed by atoms with Gasteiger partial charge < -0.3 is 10.4 Å². The summed E-state index contributed by atoms with van der Waals surface area (Å²) in [5, 5.41) is 12.9. The Balaban J connectivity index is 2.23. The number of rotatable bonds is 0. The lowest BCUT2D eigenvalue weighted by Crippen LogP contribution is -2.25. The summed E-state index contributed by atoms with van der Waals surface area (Å²) in [6.45, 7) is 1.71. The van der Waals surface area contributed by atoms with E-state index in [1.165, 1.54) is 11.1 Å². The van der Waals surface area contributed by atoms with E-state index in [1.54, 1.807) is 0 Å². The molecule has 66 valence electrons. The number of aliphatic hydroxyl groups excluding tert-OH is 1. The molecule has 0 bridgehead atoms. The zero-order chi connectivity index (χ0) is 8.39. The molecule has 1 fully saturated rings. The molecule has 0 amide bonds. The molecule has 1 aliphatic carbocycles. The predicted molar refractivity (Wildman–Crippen MR) is 48.9 cm³/mol. The maximum atomic E-state index is 9.71. The van der Waals surface area contributed by atoms with Gasteiger partial charge in [-0.1, -0.05) is 12.2 Å². The lowest BCUT2D eigenvalue weighted by molar-refractivity contribution is 0.213. The maximum absolute atomic E-state index is 9.71. The zero-order valence-corrected chi connectivity index (χ0v) is 7.21. The van der Waals surface area contributed by atoms with Crippen molar-refractivity contribution >= 4 is 0 Å². The molecule has 0 aromatic heterocycles. The van der Waals surface area contributed by atoms with E-state index in [2.05, 4.69) is 17.5 Å². The van der Waals surface area contributed by atoms with Crippen LogP contribution in [-0.2, 0) is 0 Å². The highest BCUT2D eigenvalue weighted by Crippen LogP contribution is 2.25. The number of fused-ring (bicyclic) bond motifs is 1. The van der Waals surface area contributed by atoms with Crippen molar-refractivity contribution < 1.29 is 5.11 Å². The molecule has 1 unspecified atom stereocenters. The van der Waals surface area contributed by atoms with Gasteiger partial charge in [-0.3, -0.25) is 0 Å². The summed E-state index contributed by atoms with van der Waals surface area (Å²) in [6, 6.07) is 0. The highest BCUT2D eigenvalue weighted by atomic mass is 16.3. The summed E-state index contributed by atoms with van der Waals surface area (Å²) >= 11 is 0. The van der Waals surface area contributed by atoms with E-state index in [0.717, 1.165) is 25.8 Å². The van der Waals surface area contributed by atoms with Gasteiger partial charge in [-0.05, 0) is 37.0 Å². The van der Waals surface area contributed by atoms with E-state index >= 15 is 0 Å². The third-order valence-electron chi connectivity index (χ3n) is 2.56. The quantitative estimate of drug-likeness (QED) is 0.561. The first-order valence-corrected chi connectivity index (χ1v) is 4.66. The van der Waals surface area contributed by atoms with Crippen molar-refractivity contribution in [2.45, 2.75) is 25.4 Å². The number of β-amino-alcohol motifs (C(OH)–C–C–N with tert-alkyl or cyclic N) is 1. The van der Waals surface area contributed by atoms with Gasteiger partial charge in [0.15, 0.2) is 0 Å². The second-order valence-electron chi connectivity index (χ2n) is 3.44. The molecule has 2 N–H and O–H groups in total. The molecule has 0 aromatic rings. The highest BCUT2D eigenvalue weighted by Gasteiger charge is 2.19. The van der Waals surface area contributed by atoms with Crippen LogP contribution >= 0.6 is 0 Å². The molecule has 1 heterocycles. The van der Waals surface area contributed by atoms with Crippen LogP contribution in [0.5, 0.6) is 0 Å². The number of hydrogen-bond acceptors (Lipinski definition) is 2. The second-order valence-corrected chi connectivity index (χ2v) is 3.44. The van der Waals surface area contributed by atoms with Crippen LogP contribution in [0.4, 0.5) is 0 Å². The van der Waals surface area contributed by atoms with Gasteiger partial charge in [0.2, 0.25) is 0 Å². The van der Waals surface area contributed by atoms with Crippen LogP contribution < -0.4 is 5.32 Å². The summed E-state index contributed by atoms with van der Waals surface area (Å²) in [5.41, 5.74) is 2.53. The normalized spacial score (nSPS) is 29.9. The molecular weight excluding hydrogens is 150 g/mol. The van der Waals surface area contributed by atoms with Crippen molar-refractivity contribution in [3.8, 4) is 0 Å². The van der Waals surface area contributed by atoms with Crippen molar-refractivity contribution in [2.24, 2.45) is 0 Å². The van der Waals surface area contributed by atoms with E-state index in [9.17, 15) is 5.11 Å². The molecule has 0 saturated carbocycles. The van der Waals surface area contributed by atoms with E-state index in [4.69, 9.17) is 0 Å². The van der Waals surface area contributed by atoms with Gasteiger partial charge in [-0.2, -0.15) is 0 Å². The number of nitrogens with one attached hydrogen (secondary N) is 1. The third kappa shape index (κ3) is 1.45. The van der Waals surface area contributed by atoms with Crippen LogP contribution in [0.15, 0.2) is 23.3 Å². The molecule has 1 aliphatic heterocycles. The van der Waals surface area contributed by atoms with E-state index in [-0.39, 0.29) is 6.10 Å². The van der Waals surface area contributed by atoms with Crippen LogP contribution in [0, 0.1) is 0 Å². The van der Waals surface area contributed by atoms with Gasteiger partial charge in [0.1, 0.15) is 0 Å². The standard InChI is InChI=1S/C10H15NO/c12-10-7-11-6-5-8-3-1-2-4-9(8)10/h3-4,10-12H,1-2,5-7H2. The molecule has 1 saturated heterocycles. The molecule has 2 aliphatic rings. The van der Waals surface area contributed by atoms with Gasteiger partial charge >= 0.3 is 0 Å². The minimum Gasteiger partial charge on any atom is -0.387 e. The summed E-state index contributed by atoms with van der Waals surface area (Å²) in [7, 11) is 0. The fourth-order valence-corrected chi connectivity index (χ4v) is 1.91. The van der Waals surface area contributed by atoms with Gasteiger partial charge in [-0.15, -0.1) is 0 Å². The van der Waals surface area contributed by atoms with Crippen molar-refractivity contribution in [3.05, 3.63) is 23.3 Å². The van der Waals surface area contributed by atoms with Crippen LogP contribution in [-0.4, -0.2) is 24.3 Å². The lowest BCUT2D eigenvalue weighted by atomic mass is 9.93. The minimum atomic E-state index is -0.279. The zero-order valence-electron chi connectivity index (χ0n) is 7.21. The van der Waals surface area contributed by atoms with Gasteiger partial charge in [0.25, 0.3) is 0 Å². The van der Waals surface area contributed by atoms with Crippen LogP contribution in [0.25, 0.3) is 0 Å². The maximum Gasteiger partial charge on any atom is 0.0913 e. The van der Waals surface area contributed by atoms with Crippen molar-refractivity contribution in [2.75, 3.05) is 13.1 Å². The summed E-state index contributed by atoms with van der Waals surface area (Å²) < 4.78 is 0. The molecule has 2 nitrogen and oxygen atoms in total. The van der Waals surface area contributed by atoms with Gasteiger partial charge in [0, 0.05) is 6.54 Å². The van der Waals surface area contributed by atoms with Gasteiger partial charge in [0.05, 0.1) is 6.10 Å². The summed E-state index contributed by atoms with van der Waals surface area (Å²) in [5.74, 6) is 0. The van der Waals surface area contributed by atoms with Gasteiger partial charge in [-0.25, -0.2) is 0 Å². The van der Waals surface area contributed by atoms with E-state index in [1.807, 2.05) is 0 Å². The third-order valence-corrected chi connectivity index (χ3v) is 2.56. The van der Waals surface area contributed by atoms with Crippen molar-refractivity contribution in [1.82, 2.24) is 5.32 Å². The smallest absolute Gasteiger partial charge is 0.0913 e. The Labute approximate surface area is 73.0 Å². The predicted octanol–water partition coefficient (Wildman–Crippen LogP) is 0.987. The average molecular weight is 165 g/mol. The fourth-order valence-electron chi connectivity index (χ4n) is 1.91. The Morgan fingerprint density at radius 3 is 3.08 bits per heavy atom. The fraction of sp³-hybridized carbons (Fsp3) is 0.600. The van der Waals surface area contributed by atoms with E-state index < -0.39 is 0 Å². The first kappa shape index (κ1) is 8.02. The first-order valence-electron chi connectivity index (χ1n) is 4.66. The molecule has 2 heteroatoms. The number of aliphatic hydroxyl groups is 1. The molecular formula is C10H15NO. The molecule has 0 aromatic carbocycles. The second kappa shape index (κ2) is 3.42. The Bertz CT molecular complexity index is 230.